The Bertz CT molecular complexity index is 689. The number of aromatic hydroxyl groups is 1. The van der Waals surface area contributed by atoms with E-state index < -0.39 is 17.2 Å². The minimum atomic E-state index is -0.750. The maximum atomic E-state index is 11.7. The number of hydrogen-bond donors (Lipinski definition) is 4. The van der Waals surface area contributed by atoms with Crippen molar-refractivity contribution in [1.82, 2.24) is 15.3 Å². The molecule has 0 fully saturated rings. The van der Waals surface area contributed by atoms with Gasteiger partial charge in [0.05, 0.1) is 0 Å². The third-order valence-corrected chi connectivity index (χ3v) is 2.44. The molecule has 0 saturated heterocycles. The maximum Gasteiger partial charge on any atom is 0.326 e. The fraction of sp³-hybridized carbons (Fsp3) is 0.0833. The van der Waals surface area contributed by atoms with E-state index in [9.17, 15) is 19.5 Å². The monoisotopic (exact) mass is 261 g/mol. The smallest absolute Gasteiger partial charge is 0.326 e. The van der Waals surface area contributed by atoms with Crippen LogP contribution in [0.3, 0.4) is 0 Å². The number of carbonyl (C=O) groups excluding carboxylic acids is 1. The van der Waals surface area contributed by atoms with Crippen LogP contribution in [-0.4, -0.2) is 21.0 Å². The second-order valence-corrected chi connectivity index (χ2v) is 3.81. The summed E-state index contributed by atoms with van der Waals surface area (Å²) in [7, 11) is 0. The van der Waals surface area contributed by atoms with Gasteiger partial charge in [-0.25, -0.2) is 4.79 Å². The highest BCUT2D eigenvalue weighted by molar-refractivity contribution is 5.92. The minimum absolute atomic E-state index is 0.0576. The summed E-state index contributed by atoms with van der Waals surface area (Å²) >= 11 is 0. The quantitative estimate of drug-likeness (QED) is 0.607. The second-order valence-electron chi connectivity index (χ2n) is 3.81. The van der Waals surface area contributed by atoms with Crippen LogP contribution in [0.25, 0.3) is 0 Å². The van der Waals surface area contributed by atoms with E-state index in [1.807, 2.05) is 4.98 Å². The van der Waals surface area contributed by atoms with Crippen molar-refractivity contribution in [2.45, 2.75) is 6.54 Å². The second kappa shape index (κ2) is 5.21. The molecule has 2 aromatic rings. The van der Waals surface area contributed by atoms with Crippen molar-refractivity contribution in [3.05, 3.63) is 62.4 Å². The zero-order chi connectivity index (χ0) is 13.8. The molecule has 1 heterocycles. The van der Waals surface area contributed by atoms with Gasteiger partial charge in [-0.2, -0.15) is 0 Å². The van der Waals surface area contributed by atoms with Gasteiger partial charge < -0.3 is 15.4 Å². The Morgan fingerprint density at radius 2 is 1.95 bits per heavy atom. The number of carbonyl (C=O) groups is 1. The third-order valence-electron chi connectivity index (χ3n) is 2.44. The molecule has 0 saturated carbocycles. The number of phenols is 1. The van der Waals surface area contributed by atoms with Crippen LogP contribution >= 0.6 is 0 Å². The Morgan fingerprint density at radius 3 is 2.63 bits per heavy atom. The lowest BCUT2D eigenvalue weighted by Crippen LogP contribution is -2.30. The number of phenolic OH excluding ortho intramolecular Hbond substituents is 1. The SMILES string of the molecule is O=C(NCc1ccccc1O)c1cc(=O)[nH]c(=O)[nH]1. The first-order valence-electron chi connectivity index (χ1n) is 5.45. The van der Waals surface area contributed by atoms with Crippen molar-refractivity contribution < 1.29 is 9.90 Å². The molecule has 7 nitrogen and oxygen atoms in total. The van der Waals surface area contributed by atoms with Gasteiger partial charge in [0, 0.05) is 18.2 Å². The first-order chi connectivity index (χ1) is 9.06. The van der Waals surface area contributed by atoms with Crippen LogP contribution in [0.2, 0.25) is 0 Å². The van der Waals surface area contributed by atoms with E-state index >= 15 is 0 Å². The number of aromatic amines is 2. The molecule has 0 unspecified atom stereocenters. The molecule has 4 N–H and O–H groups in total. The van der Waals surface area contributed by atoms with Crippen molar-refractivity contribution >= 4 is 5.91 Å². The van der Waals surface area contributed by atoms with E-state index in [-0.39, 0.29) is 18.0 Å². The van der Waals surface area contributed by atoms with Gasteiger partial charge in [0.15, 0.2) is 0 Å². The molecule has 98 valence electrons. The van der Waals surface area contributed by atoms with Gasteiger partial charge in [0.25, 0.3) is 11.5 Å². The maximum absolute atomic E-state index is 11.7. The van der Waals surface area contributed by atoms with E-state index in [0.29, 0.717) is 5.56 Å². The normalized spacial score (nSPS) is 10.1. The zero-order valence-corrected chi connectivity index (χ0v) is 9.77. The molecule has 0 radical (unpaired) electrons. The van der Waals surface area contributed by atoms with Gasteiger partial charge in [-0.1, -0.05) is 18.2 Å². The summed E-state index contributed by atoms with van der Waals surface area (Å²) in [6.07, 6.45) is 0. The predicted molar refractivity (Wildman–Crippen MR) is 67.0 cm³/mol. The van der Waals surface area contributed by atoms with Crippen molar-refractivity contribution in [3.63, 3.8) is 0 Å². The summed E-state index contributed by atoms with van der Waals surface area (Å²) in [5.41, 5.74) is -1.01. The summed E-state index contributed by atoms with van der Waals surface area (Å²) < 4.78 is 0. The van der Waals surface area contributed by atoms with Gasteiger partial charge in [-0.05, 0) is 6.07 Å². The van der Waals surface area contributed by atoms with E-state index in [2.05, 4.69) is 10.3 Å². The molecule has 1 aromatic heterocycles. The molecule has 0 aliphatic heterocycles. The van der Waals surface area contributed by atoms with Crippen LogP contribution in [-0.2, 0) is 6.54 Å². The van der Waals surface area contributed by atoms with E-state index in [1.54, 1.807) is 18.2 Å². The largest absolute Gasteiger partial charge is 0.508 e. The van der Waals surface area contributed by atoms with Gasteiger partial charge in [0.2, 0.25) is 0 Å². The minimum Gasteiger partial charge on any atom is -0.508 e. The number of rotatable bonds is 3. The molecule has 0 atom stereocenters. The average molecular weight is 261 g/mol. The molecule has 19 heavy (non-hydrogen) atoms. The number of nitrogens with one attached hydrogen (secondary N) is 3. The standard InChI is InChI=1S/C12H11N3O4/c16-9-4-2-1-3-7(9)6-13-11(18)8-5-10(17)15-12(19)14-8/h1-5,16H,6H2,(H,13,18)(H2,14,15,17,19). The first-order valence-corrected chi connectivity index (χ1v) is 5.45. The lowest BCUT2D eigenvalue weighted by Gasteiger charge is -2.06. The summed E-state index contributed by atoms with van der Waals surface area (Å²) in [5.74, 6) is -0.548. The van der Waals surface area contributed by atoms with Crippen LogP contribution in [0.15, 0.2) is 39.9 Å². The molecule has 0 spiro atoms. The number of para-hydroxylation sites is 1. The number of H-pyrrole nitrogens is 2. The summed E-state index contributed by atoms with van der Waals surface area (Å²) in [6.45, 7) is 0.0837. The first kappa shape index (κ1) is 12.6. The topological polar surface area (TPSA) is 115 Å². The van der Waals surface area contributed by atoms with Crippen molar-refractivity contribution in [2.75, 3.05) is 0 Å². The Morgan fingerprint density at radius 1 is 1.21 bits per heavy atom. The van der Waals surface area contributed by atoms with Crippen molar-refractivity contribution in [3.8, 4) is 5.75 Å². The number of benzene rings is 1. The Balaban J connectivity index is 2.12. The lowest BCUT2D eigenvalue weighted by atomic mass is 10.2. The number of amides is 1. The molecule has 7 heteroatoms. The molecule has 0 aliphatic rings. The highest BCUT2D eigenvalue weighted by Crippen LogP contribution is 2.14. The van der Waals surface area contributed by atoms with Crippen molar-refractivity contribution in [1.29, 1.82) is 0 Å². The van der Waals surface area contributed by atoms with Crippen LogP contribution in [0.1, 0.15) is 16.1 Å². The van der Waals surface area contributed by atoms with Crippen molar-refractivity contribution in [2.24, 2.45) is 0 Å². The Hall–Kier alpha value is -2.83. The summed E-state index contributed by atoms with van der Waals surface area (Å²) in [6, 6.07) is 7.51. The molecule has 0 aliphatic carbocycles. The number of hydrogen-bond acceptors (Lipinski definition) is 4. The predicted octanol–water partition coefficient (Wildman–Crippen LogP) is -0.301. The molecule has 2 rings (SSSR count). The van der Waals surface area contributed by atoms with E-state index in [4.69, 9.17) is 0 Å². The lowest BCUT2D eigenvalue weighted by molar-refractivity contribution is 0.0945. The molecular formula is C12H11N3O4. The van der Waals surface area contributed by atoms with Crippen LogP contribution in [0.5, 0.6) is 5.75 Å². The molecule has 1 aromatic carbocycles. The third kappa shape index (κ3) is 3.09. The van der Waals surface area contributed by atoms with Crippen LogP contribution in [0.4, 0.5) is 0 Å². The van der Waals surface area contributed by atoms with Crippen LogP contribution < -0.4 is 16.6 Å². The van der Waals surface area contributed by atoms with Gasteiger partial charge in [0.1, 0.15) is 11.4 Å². The summed E-state index contributed by atoms with van der Waals surface area (Å²) in [4.78, 5) is 38.0. The zero-order valence-electron chi connectivity index (χ0n) is 9.77. The van der Waals surface area contributed by atoms with Crippen LogP contribution in [0, 0.1) is 0 Å². The fourth-order valence-corrected chi connectivity index (χ4v) is 1.52. The van der Waals surface area contributed by atoms with E-state index in [1.165, 1.54) is 6.07 Å². The highest BCUT2D eigenvalue weighted by atomic mass is 16.3. The molecule has 0 bridgehead atoms. The van der Waals surface area contributed by atoms with Gasteiger partial charge >= 0.3 is 5.69 Å². The average Bonchev–Trinajstić information content (AvgIpc) is 2.36. The Labute approximate surface area is 106 Å². The highest BCUT2D eigenvalue weighted by Gasteiger charge is 2.08. The van der Waals surface area contributed by atoms with Gasteiger partial charge in [-0.3, -0.25) is 14.6 Å². The van der Waals surface area contributed by atoms with E-state index in [0.717, 1.165) is 6.07 Å². The van der Waals surface area contributed by atoms with Gasteiger partial charge in [-0.15, -0.1) is 0 Å². The fourth-order valence-electron chi connectivity index (χ4n) is 1.52. The Kier molecular flexibility index (Phi) is 3.46. The molecule has 1 amide bonds. The number of aromatic nitrogens is 2. The summed E-state index contributed by atoms with van der Waals surface area (Å²) in [5, 5.41) is 12.0. The molecular weight excluding hydrogens is 250 g/mol.